The maximum atomic E-state index is 13.2. The zero-order valence-corrected chi connectivity index (χ0v) is 16.1. The number of rotatable bonds is 3. The van der Waals surface area contributed by atoms with Gasteiger partial charge in [-0.05, 0) is 56.3 Å². The molecule has 1 aliphatic heterocycles. The Morgan fingerprint density at radius 3 is 2.33 bits per heavy atom. The van der Waals surface area contributed by atoms with Crippen LogP contribution in [-0.2, 0) is 14.8 Å². The average Bonchev–Trinajstić information content (AvgIpc) is 2.74. The molecule has 0 unspecified atom stereocenters. The summed E-state index contributed by atoms with van der Waals surface area (Å²) in [5.41, 5.74) is -0.277. The number of sulfonamides is 1. The van der Waals surface area contributed by atoms with Crippen molar-refractivity contribution < 1.29 is 22.4 Å². The second kappa shape index (κ2) is 6.61. The van der Waals surface area contributed by atoms with Crippen molar-refractivity contribution in [2.75, 3.05) is 15.4 Å². The summed E-state index contributed by atoms with van der Waals surface area (Å²) in [5.74, 6) is -1.87. The van der Waals surface area contributed by atoms with E-state index in [0.717, 1.165) is 10.4 Å². The van der Waals surface area contributed by atoms with Gasteiger partial charge in [-0.15, -0.1) is 0 Å². The molecule has 1 fully saturated rings. The first kappa shape index (κ1) is 19.3. The highest BCUT2D eigenvalue weighted by molar-refractivity contribution is 7.94. The van der Waals surface area contributed by atoms with Gasteiger partial charge in [-0.3, -0.25) is 9.59 Å². The van der Waals surface area contributed by atoms with Crippen molar-refractivity contribution in [2.45, 2.75) is 13.8 Å². The fourth-order valence-corrected chi connectivity index (χ4v) is 5.07. The van der Waals surface area contributed by atoms with E-state index in [-0.39, 0.29) is 22.0 Å². The van der Waals surface area contributed by atoms with Crippen molar-refractivity contribution in [3.63, 3.8) is 0 Å². The molecule has 6 nitrogen and oxygen atoms in total. The minimum atomic E-state index is -3.75. The molecule has 0 bridgehead atoms. The van der Waals surface area contributed by atoms with Crippen molar-refractivity contribution in [3.05, 3.63) is 58.9 Å². The largest absolute Gasteiger partial charge is 0.322 e. The monoisotopic (exact) mass is 410 g/mol. The lowest BCUT2D eigenvalue weighted by Gasteiger charge is -2.17. The minimum Gasteiger partial charge on any atom is -0.322 e. The third kappa shape index (κ3) is 3.68. The molecule has 2 aromatic carbocycles. The Morgan fingerprint density at radius 2 is 1.81 bits per heavy atom. The van der Waals surface area contributed by atoms with Crippen LogP contribution in [0.3, 0.4) is 0 Å². The minimum absolute atomic E-state index is 0.122. The Hall–Kier alpha value is -2.45. The molecule has 2 aromatic rings. The van der Waals surface area contributed by atoms with Gasteiger partial charge in [-0.1, -0.05) is 11.6 Å². The van der Waals surface area contributed by atoms with Gasteiger partial charge in [-0.25, -0.2) is 17.1 Å². The molecule has 0 aromatic heterocycles. The lowest BCUT2D eigenvalue weighted by Crippen LogP contribution is -2.32. The van der Waals surface area contributed by atoms with Gasteiger partial charge in [0, 0.05) is 11.3 Å². The maximum Gasteiger partial charge on any atom is 0.255 e. The van der Waals surface area contributed by atoms with E-state index in [9.17, 15) is 22.4 Å². The summed E-state index contributed by atoms with van der Waals surface area (Å²) in [6.45, 7) is 3.14. The van der Waals surface area contributed by atoms with Crippen LogP contribution in [0, 0.1) is 11.2 Å². The molecule has 142 valence electrons. The van der Waals surface area contributed by atoms with E-state index in [2.05, 4.69) is 5.32 Å². The van der Waals surface area contributed by atoms with Crippen LogP contribution in [0.4, 0.5) is 15.8 Å². The Morgan fingerprint density at radius 1 is 1.19 bits per heavy atom. The highest BCUT2D eigenvalue weighted by Gasteiger charge is 2.49. The molecule has 1 N–H and O–H groups in total. The highest BCUT2D eigenvalue weighted by atomic mass is 35.5. The number of carbonyl (C=O) groups excluding carboxylic acids is 2. The molecule has 9 heteroatoms. The molecule has 0 saturated carbocycles. The van der Waals surface area contributed by atoms with E-state index in [1.807, 2.05) is 0 Å². The first-order valence-electron chi connectivity index (χ1n) is 7.95. The van der Waals surface area contributed by atoms with Gasteiger partial charge in [0.25, 0.3) is 5.91 Å². The molecule has 2 amide bonds. The lowest BCUT2D eigenvalue weighted by atomic mass is 9.95. The van der Waals surface area contributed by atoms with Crippen LogP contribution in [-0.4, -0.2) is 26.0 Å². The Kier molecular flexibility index (Phi) is 4.73. The molecular weight excluding hydrogens is 395 g/mol. The predicted molar refractivity (Wildman–Crippen MR) is 101 cm³/mol. The normalized spacial score (nSPS) is 17.8. The molecule has 27 heavy (non-hydrogen) atoms. The smallest absolute Gasteiger partial charge is 0.255 e. The molecular formula is C18H16ClFN2O4S. The van der Waals surface area contributed by atoms with Gasteiger partial charge >= 0.3 is 0 Å². The van der Waals surface area contributed by atoms with Crippen LogP contribution >= 0.6 is 11.6 Å². The van der Waals surface area contributed by atoms with Gasteiger partial charge < -0.3 is 5.32 Å². The summed E-state index contributed by atoms with van der Waals surface area (Å²) in [6, 6.07) is 9.37. The van der Waals surface area contributed by atoms with Crippen molar-refractivity contribution in [2.24, 2.45) is 5.41 Å². The van der Waals surface area contributed by atoms with E-state index >= 15 is 0 Å². The molecule has 0 aliphatic carbocycles. The third-order valence-corrected chi connectivity index (χ3v) is 6.44. The van der Waals surface area contributed by atoms with Crippen LogP contribution in [0.25, 0.3) is 0 Å². The van der Waals surface area contributed by atoms with Crippen molar-refractivity contribution >= 4 is 44.8 Å². The second-order valence-corrected chi connectivity index (χ2v) is 9.06. The van der Waals surface area contributed by atoms with Gasteiger partial charge in [0.15, 0.2) is 0 Å². The summed E-state index contributed by atoms with van der Waals surface area (Å²) in [5, 5.41) is 2.44. The Bertz CT molecular complexity index is 1040. The van der Waals surface area contributed by atoms with E-state index in [1.54, 1.807) is 13.8 Å². The molecule has 1 saturated heterocycles. The van der Waals surface area contributed by atoms with Crippen LogP contribution in [0.2, 0.25) is 5.02 Å². The summed E-state index contributed by atoms with van der Waals surface area (Å²) in [7, 11) is -3.75. The molecule has 3 rings (SSSR count). The SMILES string of the molecule is CC1(C)CS(=O)(=O)N(c2ccc(C(=O)Nc3ccc(F)c(Cl)c3)cc2)C1=O. The van der Waals surface area contributed by atoms with Crippen LogP contribution < -0.4 is 9.62 Å². The van der Waals surface area contributed by atoms with Gasteiger partial charge in [0.05, 0.1) is 21.9 Å². The number of amides is 2. The number of nitrogens with zero attached hydrogens (tertiary/aromatic N) is 1. The average molecular weight is 411 g/mol. The maximum absolute atomic E-state index is 13.2. The van der Waals surface area contributed by atoms with Crippen LogP contribution in [0.15, 0.2) is 42.5 Å². The standard InChI is InChI=1S/C18H16ClFN2O4S/c1-18(2)10-27(25,26)22(17(18)24)13-6-3-11(4-7-13)16(23)21-12-5-8-15(20)14(19)9-12/h3-9H,10H2,1-2H3,(H,21,23). The number of nitrogens with one attached hydrogen (secondary N) is 1. The van der Waals surface area contributed by atoms with E-state index in [1.165, 1.54) is 36.4 Å². The molecule has 0 spiro atoms. The topological polar surface area (TPSA) is 83.6 Å². The molecule has 1 aliphatic rings. The number of halogens is 2. The number of hydrogen-bond acceptors (Lipinski definition) is 4. The van der Waals surface area contributed by atoms with Crippen molar-refractivity contribution in [1.29, 1.82) is 0 Å². The quantitative estimate of drug-likeness (QED) is 0.840. The Balaban J connectivity index is 1.82. The number of hydrogen-bond donors (Lipinski definition) is 1. The summed E-state index contributed by atoms with van der Waals surface area (Å²) in [4.78, 5) is 24.7. The van der Waals surface area contributed by atoms with Crippen LogP contribution in [0.1, 0.15) is 24.2 Å². The molecule has 0 radical (unpaired) electrons. The summed E-state index contributed by atoms with van der Waals surface area (Å²) >= 11 is 5.68. The highest BCUT2D eigenvalue weighted by Crippen LogP contribution is 2.35. The lowest BCUT2D eigenvalue weighted by molar-refractivity contribution is -0.123. The molecule has 1 heterocycles. The first-order valence-corrected chi connectivity index (χ1v) is 9.94. The second-order valence-electron chi connectivity index (χ2n) is 6.84. The fourth-order valence-electron chi connectivity index (χ4n) is 2.79. The van der Waals surface area contributed by atoms with Crippen LogP contribution in [0.5, 0.6) is 0 Å². The number of anilines is 2. The Labute approximate surface area is 161 Å². The van der Waals surface area contributed by atoms with E-state index < -0.39 is 33.1 Å². The summed E-state index contributed by atoms with van der Waals surface area (Å²) < 4.78 is 38.5. The fraction of sp³-hybridized carbons (Fsp3) is 0.222. The van der Waals surface area contributed by atoms with E-state index in [0.29, 0.717) is 5.69 Å². The number of benzene rings is 2. The first-order chi connectivity index (χ1) is 12.5. The zero-order chi connectivity index (χ0) is 20.0. The zero-order valence-electron chi connectivity index (χ0n) is 14.5. The number of carbonyl (C=O) groups is 2. The molecule has 0 atom stereocenters. The summed E-state index contributed by atoms with van der Waals surface area (Å²) in [6.07, 6.45) is 0. The van der Waals surface area contributed by atoms with Gasteiger partial charge in [0.1, 0.15) is 5.82 Å². The van der Waals surface area contributed by atoms with Crippen molar-refractivity contribution in [1.82, 2.24) is 0 Å². The predicted octanol–water partition coefficient (Wildman–Crippen LogP) is 3.43. The van der Waals surface area contributed by atoms with Gasteiger partial charge in [-0.2, -0.15) is 0 Å². The van der Waals surface area contributed by atoms with E-state index in [4.69, 9.17) is 11.6 Å². The third-order valence-electron chi connectivity index (χ3n) is 4.13. The van der Waals surface area contributed by atoms with Gasteiger partial charge in [0.2, 0.25) is 15.9 Å². The van der Waals surface area contributed by atoms with Crippen molar-refractivity contribution in [3.8, 4) is 0 Å².